The molecule has 1 fully saturated rings. The van der Waals surface area contributed by atoms with E-state index in [0.29, 0.717) is 30.6 Å². The minimum atomic E-state index is -0.420. The Morgan fingerprint density at radius 2 is 2.03 bits per heavy atom. The molecule has 3 aliphatic rings. The van der Waals surface area contributed by atoms with Crippen LogP contribution in [0.1, 0.15) is 24.6 Å². The second-order valence-electron chi connectivity index (χ2n) is 8.81. The Bertz CT molecular complexity index is 1260. The molecule has 6 rings (SSSR count). The minimum Gasteiger partial charge on any atom is -0.486 e. The van der Waals surface area contributed by atoms with Gasteiger partial charge >= 0.3 is 0 Å². The van der Waals surface area contributed by atoms with Crippen LogP contribution in [-0.4, -0.2) is 52.7 Å². The third-order valence-corrected chi connectivity index (χ3v) is 7.59. The number of nitrogens with zero attached hydrogens (tertiary/aromatic N) is 3. The summed E-state index contributed by atoms with van der Waals surface area (Å²) < 4.78 is 27.3. The maximum Gasteiger partial charge on any atom is 0.251 e. The minimum absolute atomic E-state index is 0.107. The molecule has 3 aliphatic heterocycles. The van der Waals surface area contributed by atoms with Crippen molar-refractivity contribution in [3.63, 3.8) is 0 Å². The molecule has 172 valence electrons. The SMILES string of the molecule is O=c1ccc2ccc(F)c3c2n1[C@H](CN1CCC(NCc2cc4c(cn2)OCS4)CC1)CO3. The number of hydrogen-bond acceptors (Lipinski definition) is 7. The Hall–Kier alpha value is -2.62. The monoisotopic (exact) mass is 468 g/mol. The van der Waals surface area contributed by atoms with Crippen molar-refractivity contribution < 1.29 is 13.9 Å². The van der Waals surface area contributed by atoms with Crippen LogP contribution in [0.4, 0.5) is 4.39 Å². The number of ether oxygens (including phenoxy) is 2. The Morgan fingerprint density at radius 3 is 2.91 bits per heavy atom. The van der Waals surface area contributed by atoms with Crippen molar-refractivity contribution in [2.45, 2.75) is 36.4 Å². The van der Waals surface area contributed by atoms with Crippen molar-refractivity contribution >= 4 is 22.7 Å². The summed E-state index contributed by atoms with van der Waals surface area (Å²) in [6.07, 6.45) is 3.87. The molecule has 7 nitrogen and oxygen atoms in total. The summed E-state index contributed by atoms with van der Waals surface area (Å²) in [5, 5.41) is 4.46. The lowest BCUT2D eigenvalue weighted by atomic mass is 10.0. The largest absolute Gasteiger partial charge is 0.486 e. The molecule has 1 N–H and O–H groups in total. The number of piperidine rings is 1. The van der Waals surface area contributed by atoms with Crippen LogP contribution in [0.25, 0.3) is 10.9 Å². The quantitative estimate of drug-likeness (QED) is 0.617. The van der Waals surface area contributed by atoms with Crippen molar-refractivity contribution in [2.75, 3.05) is 32.2 Å². The van der Waals surface area contributed by atoms with Crippen LogP contribution in [0.3, 0.4) is 0 Å². The molecule has 5 heterocycles. The van der Waals surface area contributed by atoms with Gasteiger partial charge in [-0.1, -0.05) is 11.8 Å². The lowest BCUT2D eigenvalue weighted by molar-refractivity contribution is 0.137. The highest BCUT2D eigenvalue weighted by molar-refractivity contribution is 7.99. The number of hydrogen-bond donors (Lipinski definition) is 1. The smallest absolute Gasteiger partial charge is 0.251 e. The molecule has 1 atom stereocenters. The first-order valence-corrected chi connectivity index (χ1v) is 12.3. The van der Waals surface area contributed by atoms with E-state index in [9.17, 15) is 9.18 Å². The van der Waals surface area contributed by atoms with E-state index in [1.165, 1.54) is 6.07 Å². The van der Waals surface area contributed by atoms with E-state index in [4.69, 9.17) is 9.47 Å². The number of benzene rings is 1. The van der Waals surface area contributed by atoms with Crippen LogP contribution in [0, 0.1) is 5.82 Å². The van der Waals surface area contributed by atoms with Crippen molar-refractivity contribution in [3.8, 4) is 11.5 Å². The number of aromatic nitrogens is 2. The molecular formula is C24H25FN4O3S. The summed E-state index contributed by atoms with van der Waals surface area (Å²) in [7, 11) is 0. The summed E-state index contributed by atoms with van der Waals surface area (Å²) >= 11 is 1.70. The highest BCUT2D eigenvalue weighted by Crippen LogP contribution is 2.36. The van der Waals surface area contributed by atoms with Crippen LogP contribution in [0.5, 0.6) is 11.5 Å². The van der Waals surface area contributed by atoms with Crippen molar-refractivity contribution in [3.05, 3.63) is 58.4 Å². The zero-order valence-electron chi connectivity index (χ0n) is 18.1. The van der Waals surface area contributed by atoms with Gasteiger partial charge in [-0.3, -0.25) is 14.3 Å². The second kappa shape index (κ2) is 8.62. The lowest BCUT2D eigenvalue weighted by Gasteiger charge is -2.36. The molecule has 9 heteroatoms. The molecule has 1 aromatic carbocycles. The van der Waals surface area contributed by atoms with Gasteiger partial charge in [0.15, 0.2) is 17.3 Å². The zero-order chi connectivity index (χ0) is 22.4. The normalized spacial score (nSPS) is 20.5. The Kier molecular flexibility index (Phi) is 5.48. The second-order valence-corrected chi connectivity index (χ2v) is 9.77. The molecule has 0 saturated carbocycles. The first kappa shape index (κ1) is 20.9. The van der Waals surface area contributed by atoms with Gasteiger partial charge in [-0.2, -0.15) is 0 Å². The lowest BCUT2D eigenvalue weighted by Crippen LogP contribution is -2.46. The third kappa shape index (κ3) is 3.98. The number of rotatable bonds is 5. The summed E-state index contributed by atoms with van der Waals surface area (Å²) in [6, 6.07) is 8.82. The Balaban J connectivity index is 1.09. The van der Waals surface area contributed by atoms with Gasteiger partial charge in [0.1, 0.15) is 12.5 Å². The molecular weight excluding hydrogens is 443 g/mol. The van der Waals surface area contributed by atoms with Crippen LogP contribution in [0.2, 0.25) is 0 Å². The predicted molar refractivity (Wildman–Crippen MR) is 125 cm³/mol. The van der Waals surface area contributed by atoms with Crippen LogP contribution in [0.15, 0.2) is 46.2 Å². The van der Waals surface area contributed by atoms with Crippen molar-refractivity contribution in [1.82, 2.24) is 19.8 Å². The molecule has 0 aliphatic carbocycles. The number of likely N-dealkylation sites (tertiary alicyclic amines) is 1. The van der Waals surface area contributed by atoms with Crippen LogP contribution < -0.4 is 20.3 Å². The van der Waals surface area contributed by atoms with Gasteiger partial charge in [0.2, 0.25) is 0 Å². The Morgan fingerprint density at radius 1 is 1.18 bits per heavy atom. The van der Waals surface area contributed by atoms with E-state index in [0.717, 1.165) is 54.2 Å². The molecule has 0 amide bonds. The van der Waals surface area contributed by atoms with Crippen LogP contribution in [-0.2, 0) is 6.54 Å². The number of fused-ring (bicyclic) bond motifs is 1. The number of thioether (sulfide) groups is 1. The van der Waals surface area contributed by atoms with E-state index in [-0.39, 0.29) is 17.4 Å². The number of halogens is 1. The predicted octanol–water partition coefficient (Wildman–Crippen LogP) is 3.17. The molecule has 3 aromatic rings. The first-order valence-electron chi connectivity index (χ1n) is 11.3. The molecule has 1 saturated heterocycles. The van der Waals surface area contributed by atoms with E-state index < -0.39 is 5.82 Å². The molecule has 0 bridgehead atoms. The third-order valence-electron chi connectivity index (χ3n) is 6.73. The topological polar surface area (TPSA) is 68.6 Å². The average molecular weight is 469 g/mol. The van der Waals surface area contributed by atoms with E-state index in [2.05, 4.69) is 21.3 Å². The number of pyridine rings is 2. The summed E-state index contributed by atoms with van der Waals surface area (Å²) in [4.78, 5) is 20.7. The maximum absolute atomic E-state index is 14.3. The zero-order valence-corrected chi connectivity index (χ0v) is 18.9. The highest BCUT2D eigenvalue weighted by Gasteiger charge is 2.29. The van der Waals surface area contributed by atoms with Gasteiger partial charge in [-0.15, -0.1) is 0 Å². The summed E-state index contributed by atoms with van der Waals surface area (Å²) in [6.45, 7) is 3.64. The Labute approximate surface area is 194 Å². The van der Waals surface area contributed by atoms with E-state index >= 15 is 0 Å². The highest BCUT2D eigenvalue weighted by atomic mass is 32.2. The van der Waals surface area contributed by atoms with Gasteiger partial charge in [-0.05, 0) is 50.2 Å². The van der Waals surface area contributed by atoms with E-state index in [1.807, 2.05) is 6.20 Å². The first-order chi connectivity index (χ1) is 16.2. The van der Waals surface area contributed by atoms with Gasteiger partial charge in [0, 0.05) is 30.6 Å². The summed E-state index contributed by atoms with van der Waals surface area (Å²) in [5.41, 5.74) is 1.50. The van der Waals surface area contributed by atoms with Crippen molar-refractivity contribution in [2.24, 2.45) is 0 Å². The number of nitrogens with one attached hydrogen (secondary N) is 1. The molecule has 2 aromatic heterocycles. The van der Waals surface area contributed by atoms with Crippen molar-refractivity contribution in [1.29, 1.82) is 0 Å². The van der Waals surface area contributed by atoms with Gasteiger partial charge in [0.05, 0.1) is 28.3 Å². The van der Waals surface area contributed by atoms with Gasteiger partial charge < -0.3 is 19.7 Å². The maximum atomic E-state index is 14.3. The fourth-order valence-electron chi connectivity index (χ4n) is 4.99. The standard InChI is InChI=1S/C24H25FN4O3S/c25-19-3-1-15-2-4-22(30)29-18(13-31-24(19)23(15)29)12-28-7-5-16(6-8-28)26-10-17-9-21-20(11-27-17)32-14-33-21/h1-4,9,11,16,18,26H,5-8,10,12-14H2/t18-/m1/s1. The van der Waals surface area contributed by atoms with Gasteiger partial charge in [-0.25, -0.2) is 4.39 Å². The summed E-state index contributed by atoms with van der Waals surface area (Å²) in [5.74, 6) is 1.31. The molecule has 0 unspecified atom stereocenters. The fourth-order valence-corrected chi connectivity index (χ4v) is 5.78. The van der Waals surface area contributed by atoms with Crippen LogP contribution >= 0.6 is 11.8 Å². The van der Waals surface area contributed by atoms with E-state index in [1.54, 1.807) is 34.5 Å². The average Bonchev–Trinajstić information content (AvgIpc) is 3.31. The molecule has 0 spiro atoms. The fraction of sp³-hybridized carbons (Fsp3) is 0.417. The molecule has 0 radical (unpaired) electrons. The molecule has 33 heavy (non-hydrogen) atoms. The van der Waals surface area contributed by atoms with Gasteiger partial charge in [0.25, 0.3) is 5.56 Å².